The van der Waals surface area contributed by atoms with Crippen LogP contribution in [0.3, 0.4) is 0 Å². The quantitative estimate of drug-likeness (QED) is 0.826. The highest BCUT2D eigenvalue weighted by Gasteiger charge is 2.28. The third kappa shape index (κ3) is 4.38. The van der Waals surface area contributed by atoms with E-state index in [1.807, 2.05) is 13.0 Å². The maximum absolute atomic E-state index is 12.6. The Morgan fingerprint density at radius 3 is 2.92 bits per heavy atom. The molecule has 1 heterocycles. The van der Waals surface area contributed by atoms with Gasteiger partial charge < -0.3 is 15.0 Å². The second kappa shape index (κ2) is 7.68. The molecule has 134 valence electrons. The molecule has 2 aliphatic rings. The second-order valence-electron chi connectivity index (χ2n) is 6.55. The number of fused-ring (bicyclic) bond motifs is 1. The number of nitrogens with zero attached hydrogens (tertiary/aromatic N) is 1. The number of hydrogen-bond acceptors (Lipinski definition) is 3. The Kier molecular flexibility index (Phi) is 5.36. The minimum absolute atomic E-state index is 0.0932. The van der Waals surface area contributed by atoms with Gasteiger partial charge in [0.2, 0.25) is 5.91 Å². The van der Waals surface area contributed by atoms with E-state index >= 15 is 0 Å². The van der Waals surface area contributed by atoms with Crippen molar-refractivity contribution >= 4 is 11.8 Å². The van der Waals surface area contributed by atoms with Crippen LogP contribution in [0.4, 0.5) is 4.39 Å². The summed E-state index contributed by atoms with van der Waals surface area (Å²) < 4.78 is 18.2. The summed E-state index contributed by atoms with van der Waals surface area (Å²) in [6.45, 7) is 2.69. The predicted octanol–water partition coefficient (Wildman–Crippen LogP) is 2.61. The Balaban J connectivity index is 1.62. The van der Waals surface area contributed by atoms with Gasteiger partial charge in [-0.15, -0.1) is 0 Å². The van der Waals surface area contributed by atoms with Gasteiger partial charge in [0, 0.05) is 18.2 Å². The van der Waals surface area contributed by atoms with Gasteiger partial charge in [-0.2, -0.15) is 0 Å². The van der Waals surface area contributed by atoms with Gasteiger partial charge in [-0.25, -0.2) is 4.39 Å². The van der Waals surface area contributed by atoms with Gasteiger partial charge in [-0.1, -0.05) is 6.92 Å². The lowest BCUT2D eigenvalue weighted by atomic mass is 9.98. The van der Waals surface area contributed by atoms with Gasteiger partial charge in [0.25, 0.3) is 5.91 Å². The van der Waals surface area contributed by atoms with Crippen molar-refractivity contribution < 1.29 is 18.7 Å². The lowest BCUT2D eigenvalue weighted by Gasteiger charge is -2.28. The first-order valence-electron chi connectivity index (χ1n) is 8.73. The number of amides is 2. The van der Waals surface area contributed by atoms with Gasteiger partial charge in [0.1, 0.15) is 12.4 Å². The summed E-state index contributed by atoms with van der Waals surface area (Å²) in [5.41, 5.74) is 2.10. The zero-order chi connectivity index (χ0) is 17.8. The largest absolute Gasteiger partial charge is 0.489 e. The number of carbonyl (C=O) groups is 2. The van der Waals surface area contributed by atoms with Crippen LogP contribution in [0, 0.1) is 0 Å². The van der Waals surface area contributed by atoms with Crippen LogP contribution in [0.25, 0.3) is 0 Å². The Hall–Kier alpha value is -2.37. The fourth-order valence-corrected chi connectivity index (χ4v) is 2.81. The third-order valence-electron chi connectivity index (χ3n) is 4.55. The molecular weight excluding hydrogens is 323 g/mol. The molecule has 2 amide bonds. The lowest BCUT2D eigenvalue weighted by molar-refractivity contribution is -0.122. The maximum atomic E-state index is 12.6. The first-order valence-corrected chi connectivity index (χ1v) is 8.73. The van der Waals surface area contributed by atoms with Crippen molar-refractivity contribution in [1.82, 2.24) is 10.2 Å². The van der Waals surface area contributed by atoms with Crippen molar-refractivity contribution in [2.24, 2.45) is 0 Å². The maximum Gasteiger partial charge on any atom is 0.254 e. The highest BCUT2D eigenvalue weighted by atomic mass is 19.1. The van der Waals surface area contributed by atoms with Crippen molar-refractivity contribution in [2.75, 3.05) is 19.7 Å². The summed E-state index contributed by atoms with van der Waals surface area (Å²) in [4.78, 5) is 26.1. The van der Waals surface area contributed by atoms with E-state index in [1.54, 1.807) is 17.0 Å². The van der Waals surface area contributed by atoms with Crippen LogP contribution < -0.4 is 10.1 Å². The normalized spacial score (nSPS) is 17.3. The van der Waals surface area contributed by atoms with E-state index in [4.69, 9.17) is 4.74 Å². The first-order chi connectivity index (χ1) is 12.1. The molecule has 1 saturated carbocycles. The molecule has 1 aliphatic carbocycles. The van der Waals surface area contributed by atoms with Crippen LogP contribution in [0.1, 0.15) is 42.1 Å². The van der Waals surface area contributed by atoms with Crippen LogP contribution in [0.15, 0.2) is 30.1 Å². The van der Waals surface area contributed by atoms with E-state index < -0.39 is 0 Å². The Labute approximate surface area is 146 Å². The molecule has 0 aromatic heterocycles. The summed E-state index contributed by atoms with van der Waals surface area (Å²) in [6.07, 6.45) is 3.91. The molecule has 0 radical (unpaired) electrons. The average molecular weight is 346 g/mol. The van der Waals surface area contributed by atoms with Crippen molar-refractivity contribution in [3.05, 3.63) is 41.2 Å². The fraction of sp³-hybridized carbons (Fsp3) is 0.474. The van der Waals surface area contributed by atoms with Crippen LogP contribution >= 0.6 is 0 Å². The summed E-state index contributed by atoms with van der Waals surface area (Å²) in [7, 11) is 0. The zero-order valence-electron chi connectivity index (χ0n) is 14.4. The summed E-state index contributed by atoms with van der Waals surface area (Å²) in [5, 5.41) is 2.90. The van der Waals surface area contributed by atoms with Gasteiger partial charge in [0.15, 0.2) is 0 Å². The second-order valence-corrected chi connectivity index (χ2v) is 6.55. The molecule has 0 saturated heterocycles. The molecule has 0 bridgehead atoms. The van der Waals surface area contributed by atoms with Crippen molar-refractivity contribution in [3.63, 3.8) is 0 Å². The highest BCUT2D eigenvalue weighted by molar-refractivity contribution is 5.98. The minimum atomic E-state index is -0.128. The molecule has 0 atom stereocenters. The van der Waals surface area contributed by atoms with E-state index in [0.717, 1.165) is 18.4 Å². The number of ether oxygens (including phenoxy) is 1. The molecule has 1 N–H and O–H groups in total. The van der Waals surface area contributed by atoms with Crippen molar-refractivity contribution in [3.8, 4) is 5.75 Å². The van der Waals surface area contributed by atoms with Gasteiger partial charge in [-0.05, 0) is 55.0 Å². The summed E-state index contributed by atoms with van der Waals surface area (Å²) in [5.74, 6) is 0.403. The van der Waals surface area contributed by atoms with E-state index in [0.29, 0.717) is 48.6 Å². The van der Waals surface area contributed by atoms with Crippen LogP contribution in [-0.4, -0.2) is 42.5 Å². The summed E-state index contributed by atoms with van der Waals surface area (Å²) in [6, 6.07) is 5.57. The Morgan fingerprint density at radius 2 is 2.24 bits per heavy atom. The van der Waals surface area contributed by atoms with Crippen molar-refractivity contribution in [2.45, 2.75) is 38.6 Å². The van der Waals surface area contributed by atoms with E-state index in [-0.39, 0.29) is 25.0 Å². The average Bonchev–Trinajstić information content (AvgIpc) is 3.42. The standard InChI is InChI=1S/C19H23FN2O3/c1-2-13(10-20)12-25-16-5-6-17-14(9-16)7-8-22(19(17)24)11-18(23)21-15-3-4-15/h5-6,9-10,15H,2-4,7-8,11-12H2,1H3,(H,21,23)/b13-10-. The smallest absolute Gasteiger partial charge is 0.254 e. The van der Waals surface area contributed by atoms with Crippen LogP contribution in [0.2, 0.25) is 0 Å². The molecule has 1 aliphatic heterocycles. The molecule has 0 unspecified atom stereocenters. The fourth-order valence-electron chi connectivity index (χ4n) is 2.81. The minimum Gasteiger partial charge on any atom is -0.489 e. The number of halogens is 1. The van der Waals surface area contributed by atoms with Gasteiger partial charge in [0.05, 0.1) is 12.9 Å². The molecule has 25 heavy (non-hydrogen) atoms. The van der Waals surface area contributed by atoms with E-state index in [9.17, 15) is 14.0 Å². The number of carbonyl (C=O) groups excluding carboxylic acids is 2. The number of rotatable bonds is 7. The van der Waals surface area contributed by atoms with Crippen LogP contribution in [-0.2, 0) is 11.2 Å². The topological polar surface area (TPSA) is 58.6 Å². The lowest BCUT2D eigenvalue weighted by Crippen LogP contribution is -2.44. The Bertz CT molecular complexity index is 698. The number of hydrogen-bond donors (Lipinski definition) is 1. The number of nitrogens with one attached hydrogen (secondary N) is 1. The third-order valence-corrected chi connectivity index (χ3v) is 4.55. The molecule has 1 aromatic rings. The van der Waals surface area contributed by atoms with E-state index in [1.165, 1.54) is 0 Å². The summed E-state index contributed by atoms with van der Waals surface area (Å²) >= 11 is 0. The molecule has 0 spiro atoms. The monoisotopic (exact) mass is 346 g/mol. The van der Waals surface area contributed by atoms with E-state index in [2.05, 4.69) is 5.32 Å². The molecule has 1 aromatic carbocycles. The first kappa shape index (κ1) is 17.5. The molecule has 6 heteroatoms. The molecule has 1 fully saturated rings. The zero-order valence-corrected chi connectivity index (χ0v) is 14.4. The van der Waals surface area contributed by atoms with Crippen LogP contribution in [0.5, 0.6) is 5.75 Å². The SMILES string of the molecule is CC/C(=C/F)COc1ccc2c(c1)CCN(CC(=O)NC1CC1)C2=O. The molecule has 3 rings (SSSR count). The Morgan fingerprint density at radius 1 is 1.44 bits per heavy atom. The van der Waals surface area contributed by atoms with Gasteiger partial charge >= 0.3 is 0 Å². The van der Waals surface area contributed by atoms with Crippen molar-refractivity contribution in [1.29, 1.82) is 0 Å². The molecule has 5 nitrogen and oxygen atoms in total. The molecular formula is C19H23FN2O3. The predicted molar refractivity (Wildman–Crippen MR) is 92.2 cm³/mol. The van der Waals surface area contributed by atoms with Gasteiger partial charge in [-0.3, -0.25) is 9.59 Å². The number of benzene rings is 1. The highest BCUT2D eigenvalue weighted by Crippen LogP contribution is 2.24.